The third kappa shape index (κ3) is 4.40. The maximum atomic E-state index is 6.39. The summed E-state index contributed by atoms with van der Waals surface area (Å²) < 4.78 is 0. The minimum atomic E-state index is 0.805. The van der Waals surface area contributed by atoms with Crippen molar-refractivity contribution in [2.75, 3.05) is 0 Å². The van der Waals surface area contributed by atoms with Crippen LogP contribution in [-0.2, 0) is 6.42 Å². The zero-order valence-electron chi connectivity index (χ0n) is 14.8. The average Bonchev–Trinajstić information content (AvgIpc) is 2.69. The molecular weight excluding hydrogens is 314 g/mol. The van der Waals surface area contributed by atoms with Crippen LogP contribution in [0.2, 0.25) is 0 Å². The van der Waals surface area contributed by atoms with Gasteiger partial charge in [0.2, 0.25) is 0 Å². The Hall–Kier alpha value is -3.32. The molecule has 1 nitrogen and oxygen atoms in total. The van der Waals surface area contributed by atoms with Gasteiger partial charge in [-0.1, -0.05) is 110 Å². The highest BCUT2D eigenvalue weighted by Gasteiger charge is 2.02. The van der Waals surface area contributed by atoms with Crippen molar-refractivity contribution in [2.45, 2.75) is 6.42 Å². The lowest BCUT2D eigenvalue weighted by Gasteiger charge is -2.07. The molecule has 0 saturated heterocycles. The molecule has 1 heteroatoms. The van der Waals surface area contributed by atoms with E-state index in [4.69, 9.17) is 5.73 Å². The molecule has 3 aromatic rings. The van der Waals surface area contributed by atoms with Gasteiger partial charge >= 0.3 is 0 Å². The van der Waals surface area contributed by atoms with Gasteiger partial charge in [0.05, 0.1) is 0 Å². The molecule has 0 atom stereocenters. The van der Waals surface area contributed by atoms with Crippen LogP contribution in [-0.4, -0.2) is 0 Å². The Bertz CT molecular complexity index is 984. The number of allylic oxidation sites excluding steroid dienone is 5. The number of benzene rings is 3. The maximum absolute atomic E-state index is 6.39. The van der Waals surface area contributed by atoms with E-state index in [1.54, 1.807) is 6.08 Å². The second kappa shape index (κ2) is 8.68. The largest absolute Gasteiger partial charge is 0.398 e. The monoisotopic (exact) mass is 337 g/mol. The Morgan fingerprint density at radius 1 is 0.885 bits per heavy atom. The van der Waals surface area contributed by atoms with Gasteiger partial charge in [-0.3, -0.25) is 0 Å². The van der Waals surface area contributed by atoms with Crippen LogP contribution in [0.5, 0.6) is 0 Å². The van der Waals surface area contributed by atoms with Crippen molar-refractivity contribution < 1.29 is 0 Å². The van der Waals surface area contributed by atoms with E-state index >= 15 is 0 Å². The second-order valence-corrected chi connectivity index (χ2v) is 6.12. The summed E-state index contributed by atoms with van der Waals surface area (Å²) in [5.41, 5.74) is 10.7. The molecule has 0 aliphatic heterocycles. The van der Waals surface area contributed by atoms with E-state index in [9.17, 15) is 0 Å². The van der Waals surface area contributed by atoms with Crippen molar-refractivity contribution in [1.29, 1.82) is 0 Å². The first-order chi connectivity index (χ1) is 12.8. The Kier molecular flexibility index (Phi) is 5.84. The number of rotatable bonds is 6. The van der Waals surface area contributed by atoms with Gasteiger partial charge in [-0.05, 0) is 28.3 Å². The molecule has 0 bridgehead atoms. The van der Waals surface area contributed by atoms with Crippen molar-refractivity contribution in [3.63, 3.8) is 0 Å². The van der Waals surface area contributed by atoms with Crippen molar-refractivity contribution in [3.05, 3.63) is 120 Å². The summed E-state index contributed by atoms with van der Waals surface area (Å²) in [6.45, 7) is 3.67. The summed E-state index contributed by atoms with van der Waals surface area (Å²) in [4.78, 5) is 0. The van der Waals surface area contributed by atoms with Gasteiger partial charge in [-0.15, -0.1) is 0 Å². The minimum absolute atomic E-state index is 0.805. The van der Waals surface area contributed by atoms with Crippen LogP contribution in [0.1, 0.15) is 16.7 Å². The van der Waals surface area contributed by atoms with Gasteiger partial charge < -0.3 is 5.73 Å². The summed E-state index contributed by atoms with van der Waals surface area (Å²) in [5.74, 6) is 0. The second-order valence-electron chi connectivity index (χ2n) is 6.12. The molecule has 0 heterocycles. The van der Waals surface area contributed by atoms with Crippen molar-refractivity contribution in [3.8, 4) is 0 Å². The van der Waals surface area contributed by atoms with Crippen molar-refractivity contribution in [1.82, 2.24) is 0 Å². The minimum Gasteiger partial charge on any atom is -0.398 e. The van der Waals surface area contributed by atoms with E-state index in [0.29, 0.717) is 0 Å². The lowest BCUT2D eigenvalue weighted by Crippen LogP contribution is -1.98. The fraction of sp³-hybridized carbons (Fsp3) is 0.0400. The van der Waals surface area contributed by atoms with Crippen LogP contribution >= 0.6 is 0 Å². The first-order valence-corrected chi connectivity index (χ1v) is 8.76. The molecule has 0 unspecified atom stereocenters. The van der Waals surface area contributed by atoms with Gasteiger partial charge in [-0.2, -0.15) is 0 Å². The zero-order chi connectivity index (χ0) is 18.2. The zero-order valence-corrected chi connectivity index (χ0v) is 14.8. The topological polar surface area (TPSA) is 26.0 Å². The number of hydrogen-bond acceptors (Lipinski definition) is 1. The van der Waals surface area contributed by atoms with Crippen LogP contribution in [0, 0.1) is 0 Å². The highest BCUT2D eigenvalue weighted by molar-refractivity contribution is 5.93. The van der Waals surface area contributed by atoms with E-state index < -0.39 is 0 Å². The smallest absolute Gasteiger partial charge is 0.0356 e. The van der Waals surface area contributed by atoms with Crippen LogP contribution in [0.15, 0.2) is 104 Å². The van der Waals surface area contributed by atoms with E-state index in [-0.39, 0.29) is 0 Å². The van der Waals surface area contributed by atoms with Crippen LogP contribution in [0.25, 0.3) is 22.5 Å². The molecule has 3 aromatic carbocycles. The summed E-state index contributed by atoms with van der Waals surface area (Å²) in [7, 11) is 0. The SMILES string of the molecule is C=C/C=C\C=Cc1cccc(C/C=C(\N)c2cccc3ccccc23)c1. The molecule has 0 aromatic heterocycles. The van der Waals surface area contributed by atoms with E-state index in [1.165, 1.54) is 21.9 Å². The average molecular weight is 337 g/mol. The molecule has 0 radical (unpaired) electrons. The van der Waals surface area contributed by atoms with Crippen LogP contribution < -0.4 is 5.73 Å². The Balaban J connectivity index is 1.80. The van der Waals surface area contributed by atoms with E-state index in [0.717, 1.165) is 17.7 Å². The third-order valence-corrected chi connectivity index (χ3v) is 4.26. The van der Waals surface area contributed by atoms with E-state index in [1.807, 2.05) is 18.2 Å². The molecule has 0 aliphatic carbocycles. The molecule has 26 heavy (non-hydrogen) atoms. The fourth-order valence-electron chi connectivity index (χ4n) is 2.95. The first kappa shape index (κ1) is 17.5. The summed E-state index contributed by atoms with van der Waals surface area (Å²) in [6, 6.07) is 23.1. The highest BCUT2D eigenvalue weighted by Crippen LogP contribution is 2.23. The Labute approximate surface area is 155 Å². The molecule has 2 N–H and O–H groups in total. The summed E-state index contributed by atoms with van der Waals surface area (Å²) in [6.07, 6.45) is 12.7. The van der Waals surface area contributed by atoms with Gasteiger partial charge in [0, 0.05) is 11.3 Å². The Morgan fingerprint density at radius 3 is 2.58 bits per heavy atom. The van der Waals surface area contributed by atoms with Gasteiger partial charge in [0.1, 0.15) is 0 Å². The van der Waals surface area contributed by atoms with Crippen LogP contribution in [0.3, 0.4) is 0 Å². The number of fused-ring (bicyclic) bond motifs is 1. The highest BCUT2D eigenvalue weighted by atomic mass is 14.6. The first-order valence-electron chi connectivity index (χ1n) is 8.76. The van der Waals surface area contributed by atoms with Crippen molar-refractivity contribution in [2.24, 2.45) is 5.73 Å². The Morgan fingerprint density at radius 2 is 1.69 bits per heavy atom. The molecule has 0 aliphatic rings. The summed E-state index contributed by atoms with van der Waals surface area (Å²) >= 11 is 0. The molecule has 0 fully saturated rings. The quantitative estimate of drug-likeness (QED) is 0.537. The number of hydrogen-bond donors (Lipinski definition) is 1. The predicted molar refractivity (Wildman–Crippen MR) is 115 cm³/mol. The maximum Gasteiger partial charge on any atom is 0.0356 e. The third-order valence-electron chi connectivity index (χ3n) is 4.26. The molecule has 0 spiro atoms. The molecule has 128 valence electrons. The molecule has 0 amide bonds. The van der Waals surface area contributed by atoms with Gasteiger partial charge in [0.15, 0.2) is 0 Å². The normalized spacial score (nSPS) is 12.2. The van der Waals surface area contributed by atoms with Gasteiger partial charge in [-0.25, -0.2) is 0 Å². The molecule has 3 rings (SSSR count). The van der Waals surface area contributed by atoms with Crippen LogP contribution in [0.4, 0.5) is 0 Å². The van der Waals surface area contributed by atoms with Crippen molar-refractivity contribution >= 4 is 22.5 Å². The standard InChI is InChI=1S/C25H23N/c1-2-3-4-5-10-20-11-8-12-21(19-20)17-18-25(26)24-16-9-14-22-13-6-7-15-23(22)24/h2-16,18-19H,1,17,26H2/b4-3-,10-5?,25-18-. The lowest BCUT2D eigenvalue weighted by atomic mass is 10.0. The fourth-order valence-corrected chi connectivity index (χ4v) is 2.95. The molecular formula is C25H23N. The summed E-state index contributed by atoms with van der Waals surface area (Å²) in [5, 5.41) is 2.40. The molecule has 0 saturated carbocycles. The van der Waals surface area contributed by atoms with E-state index in [2.05, 4.69) is 85.5 Å². The predicted octanol–water partition coefficient (Wildman–Crippen LogP) is 6.14. The number of nitrogens with two attached hydrogens (primary N) is 1. The van der Waals surface area contributed by atoms with Gasteiger partial charge in [0.25, 0.3) is 0 Å². The lowest BCUT2D eigenvalue weighted by molar-refractivity contribution is 1.26.